The van der Waals surface area contributed by atoms with Crippen LogP contribution in [0, 0.1) is 5.92 Å². The minimum absolute atomic E-state index is 0.250. The van der Waals surface area contributed by atoms with Crippen molar-refractivity contribution in [1.82, 2.24) is 0 Å². The molecule has 4 nitrogen and oxygen atoms in total. The standard InChI is InChI=1S/C6H8F3NO3/c7-6(8,9)5(12)4(1-2-11)3-10-13-5/h3-4,11-12H,1-2H2/t4?,5-/m0/s1. The number of hydrogen-bond donors (Lipinski definition) is 2. The summed E-state index contributed by atoms with van der Waals surface area (Å²) in [5.74, 6) is -4.63. The molecule has 0 aromatic rings. The first kappa shape index (κ1) is 10.3. The van der Waals surface area contributed by atoms with E-state index >= 15 is 0 Å². The summed E-state index contributed by atoms with van der Waals surface area (Å²) >= 11 is 0. The molecule has 7 heteroatoms. The van der Waals surface area contributed by atoms with Crippen LogP contribution in [-0.4, -0.2) is 35.0 Å². The first-order valence-corrected chi connectivity index (χ1v) is 3.53. The first-order valence-electron chi connectivity index (χ1n) is 3.53. The lowest BCUT2D eigenvalue weighted by atomic mass is 9.97. The average Bonchev–Trinajstić information content (AvgIpc) is 2.33. The van der Waals surface area contributed by atoms with Crippen LogP contribution in [0.25, 0.3) is 0 Å². The molecule has 13 heavy (non-hydrogen) atoms. The fraction of sp³-hybridized carbons (Fsp3) is 0.833. The number of oxime groups is 1. The van der Waals surface area contributed by atoms with Gasteiger partial charge in [0.1, 0.15) is 0 Å². The van der Waals surface area contributed by atoms with Gasteiger partial charge in [-0.15, -0.1) is 0 Å². The Labute approximate surface area is 71.6 Å². The highest BCUT2D eigenvalue weighted by Gasteiger charge is 2.63. The predicted octanol–water partition coefficient (Wildman–Crippen LogP) is 0.252. The highest BCUT2D eigenvalue weighted by molar-refractivity contribution is 5.63. The molecule has 0 bridgehead atoms. The van der Waals surface area contributed by atoms with E-state index in [1.54, 1.807) is 0 Å². The van der Waals surface area contributed by atoms with E-state index in [2.05, 4.69) is 9.99 Å². The van der Waals surface area contributed by atoms with Gasteiger partial charge in [0.2, 0.25) is 0 Å². The maximum absolute atomic E-state index is 12.2. The molecule has 1 heterocycles. The topological polar surface area (TPSA) is 62.1 Å². The third kappa shape index (κ3) is 1.61. The molecule has 1 rings (SSSR count). The molecule has 0 saturated carbocycles. The molecule has 0 aromatic heterocycles. The molecule has 0 saturated heterocycles. The fourth-order valence-corrected chi connectivity index (χ4v) is 1.02. The highest BCUT2D eigenvalue weighted by Crippen LogP contribution is 2.40. The molecule has 2 atom stereocenters. The zero-order valence-corrected chi connectivity index (χ0v) is 6.45. The van der Waals surface area contributed by atoms with E-state index in [9.17, 15) is 13.2 Å². The van der Waals surface area contributed by atoms with Crippen LogP contribution in [0.3, 0.4) is 0 Å². The van der Waals surface area contributed by atoms with E-state index in [0.29, 0.717) is 0 Å². The lowest BCUT2D eigenvalue weighted by Crippen LogP contribution is -2.50. The second-order valence-electron chi connectivity index (χ2n) is 2.66. The smallest absolute Gasteiger partial charge is 0.396 e. The molecule has 0 amide bonds. The first-order chi connectivity index (χ1) is 5.92. The lowest BCUT2D eigenvalue weighted by molar-refractivity contribution is -0.370. The average molecular weight is 199 g/mol. The van der Waals surface area contributed by atoms with Crippen LogP contribution in [0.2, 0.25) is 0 Å². The van der Waals surface area contributed by atoms with E-state index in [1.807, 2.05) is 0 Å². The molecule has 0 radical (unpaired) electrons. The van der Waals surface area contributed by atoms with Crippen LogP contribution in [0.1, 0.15) is 6.42 Å². The van der Waals surface area contributed by atoms with Crippen LogP contribution in [0.5, 0.6) is 0 Å². The maximum Gasteiger partial charge on any atom is 0.458 e. The molecule has 1 unspecified atom stereocenters. The van der Waals surface area contributed by atoms with E-state index in [1.165, 1.54) is 0 Å². The number of aliphatic hydroxyl groups excluding tert-OH is 1. The molecule has 0 spiro atoms. The van der Waals surface area contributed by atoms with Gasteiger partial charge in [0.15, 0.2) is 0 Å². The van der Waals surface area contributed by atoms with Crippen molar-refractivity contribution < 1.29 is 28.2 Å². The Balaban J connectivity index is 2.79. The van der Waals surface area contributed by atoms with Crippen molar-refractivity contribution in [3.05, 3.63) is 0 Å². The van der Waals surface area contributed by atoms with E-state index < -0.39 is 24.5 Å². The summed E-state index contributed by atoms with van der Waals surface area (Å²) in [5.41, 5.74) is 0. The summed E-state index contributed by atoms with van der Waals surface area (Å²) in [4.78, 5) is 3.86. The van der Waals surface area contributed by atoms with Crippen LogP contribution < -0.4 is 0 Å². The molecule has 0 aliphatic carbocycles. The van der Waals surface area contributed by atoms with Crippen LogP contribution in [-0.2, 0) is 4.84 Å². The Kier molecular flexibility index (Phi) is 2.49. The number of rotatable bonds is 2. The minimum Gasteiger partial charge on any atom is -0.396 e. The monoisotopic (exact) mass is 199 g/mol. The van der Waals surface area contributed by atoms with Crippen molar-refractivity contribution in [2.45, 2.75) is 18.4 Å². The van der Waals surface area contributed by atoms with Crippen molar-refractivity contribution in [3.63, 3.8) is 0 Å². The summed E-state index contributed by atoms with van der Waals surface area (Å²) in [6, 6.07) is 0. The van der Waals surface area contributed by atoms with Gasteiger partial charge in [-0.05, 0) is 6.42 Å². The lowest BCUT2D eigenvalue weighted by Gasteiger charge is -2.27. The molecule has 0 aromatic carbocycles. The molecular weight excluding hydrogens is 191 g/mol. The van der Waals surface area contributed by atoms with Gasteiger partial charge >= 0.3 is 12.0 Å². The van der Waals surface area contributed by atoms with Gasteiger partial charge in [0, 0.05) is 6.61 Å². The van der Waals surface area contributed by atoms with Crippen molar-refractivity contribution in [1.29, 1.82) is 0 Å². The number of hydrogen-bond acceptors (Lipinski definition) is 4. The Morgan fingerprint density at radius 3 is 2.62 bits per heavy atom. The van der Waals surface area contributed by atoms with Crippen LogP contribution >= 0.6 is 0 Å². The quantitative estimate of drug-likeness (QED) is 0.670. The summed E-state index contributed by atoms with van der Waals surface area (Å²) < 4.78 is 36.5. The molecule has 0 fully saturated rings. The molecule has 76 valence electrons. The third-order valence-electron chi connectivity index (χ3n) is 1.78. The number of halogens is 3. The highest BCUT2D eigenvalue weighted by atomic mass is 19.4. The minimum atomic E-state index is -4.91. The van der Waals surface area contributed by atoms with E-state index in [4.69, 9.17) is 10.2 Å². The van der Waals surface area contributed by atoms with Crippen LogP contribution in [0.4, 0.5) is 13.2 Å². The van der Waals surface area contributed by atoms with Crippen molar-refractivity contribution in [2.24, 2.45) is 11.1 Å². The Bertz CT molecular complexity index is 218. The van der Waals surface area contributed by atoms with Crippen LogP contribution in [0.15, 0.2) is 5.16 Å². The second kappa shape index (κ2) is 3.15. The normalized spacial score (nSPS) is 33.5. The van der Waals surface area contributed by atoms with Gasteiger partial charge in [-0.2, -0.15) is 13.2 Å². The molecule has 1 aliphatic heterocycles. The Hall–Kier alpha value is -0.820. The Morgan fingerprint density at radius 1 is 1.54 bits per heavy atom. The predicted molar refractivity (Wildman–Crippen MR) is 35.8 cm³/mol. The van der Waals surface area contributed by atoms with Gasteiger partial charge in [-0.25, -0.2) is 0 Å². The summed E-state index contributed by atoms with van der Waals surface area (Å²) in [6.07, 6.45) is -4.33. The van der Waals surface area contributed by atoms with Gasteiger partial charge in [-0.3, -0.25) is 0 Å². The number of nitrogens with zero attached hydrogens (tertiary/aromatic N) is 1. The SMILES string of the molecule is OCCC1C=NO[C@]1(O)C(F)(F)F. The number of alkyl halides is 3. The molecular formula is C6H8F3NO3. The summed E-state index contributed by atoms with van der Waals surface area (Å²) in [7, 11) is 0. The summed E-state index contributed by atoms with van der Waals surface area (Å²) in [6.45, 7) is -0.474. The largest absolute Gasteiger partial charge is 0.458 e. The van der Waals surface area contributed by atoms with Gasteiger partial charge in [0.25, 0.3) is 0 Å². The third-order valence-corrected chi connectivity index (χ3v) is 1.78. The molecule has 1 aliphatic rings. The zero-order chi connectivity index (χ0) is 10.1. The summed E-state index contributed by atoms with van der Waals surface area (Å²) in [5, 5.41) is 20.4. The zero-order valence-electron chi connectivity index (χ0n) is 6.45. The second-order valence-corrected chi connectivity index (χ2v) is 2.66. The van der Waals surface area contributed by atoms with Crippen molar-refractivity contribution >= 4 is 6.21 Å². The maximum atomic E-state index is 12.2. The van der Waals surface area contributed by atoms with Gasteiger partial charge < -0.3 is 15.1 Å². The van der Waals surface area contributed by atoms with E-state index in [0.717, 1.165) is 6.21 Å². The van der Waals surface area contributed by atoms with Gasteiger partial charge in [0.05, 0.1) is 12.1 Å². The van der Waals surface area contributed by atoms with Crippen molar-refractivity contribution in [3.8, 4) is 0 Å². The Morgan fingerprint density at radius 2 is 2.15 bits per heavy atom. The fourth-order valence-electron chi connectivity index (χ4n) is 1.02. The van der Waals surface area contributed by atoms with Crippen molar-refractivity contribution in [2.75, 3.05) is 6.61 Å². The van der Waals surface area contributed by atoms with E-state index in [-0.39, 0.29) is 6.42 Å². The number of aliphatic hydroxyl groups is 2. The van der Waals surface area contributed by atoms with Gasteiger partial charge in [-0.1, -0.05) is 5.16 Å². The molecule has 2 N–H and O–H groups in total.